The van der Waals surface area contributed by atoms with Crippen molar-refractivity contribution in [3.05, 3.63) is 34.9 Å². The van der Waals surface area contributed by atoms with Crippen LogP contribution in [0, 0.1) is 18.8 Å². The van der Waals surface area contributed by atoms with Crippen LogP contribution in [0.2, 0.25) is 0 Å². The smallest absolute Gasteiger partial charge is 0.230 e. The molecule has 2 aromatic carbocycles. The van der Waals surface area contributed by atoms with Crippen LogP contribution in [0.3, 0.4) is 0 Å². The third-order valence-electron chi connectivity index (χ3n) is 6.16. The lowest BCUT2D eigenvalue weighted by Gasteiger charge is -2.45. The van der Waals surface area contributed by atoms with Gasteiger partial charge in [0.25, 0.3) is 0 Å². The summed E-state index contributed by atoms with van der Waals surface area (Å²) >= 11 is 0. The molecule has 1 fully saturated rings. The van der Waals surface area contributed by atoms with Crippen LogP contribution in [0.25, 0.3) is 10.8 Å². The van der Waals surface area contributed by atoms with E-state index in [1.165, 1.54) is 6.07 Å². The van der Waals surface area contributed by atoms with Crippen molar-refractivity contribution in [2.45, 2.75) is 31.5 Å². The number of aliphatic hydroxyl groups excluding tert-OH is 1. The van der Waals surface area contributed by atoms with Gasteiger partial charge in [0, 0.05) is 5.92 Å². The zero-order valence-corrected chi connectivity index (χ0v) is 15.0. The molecule has 8 heteroatoms. The van der Waals surface area contributed by atoms with Crippen molar-refractivity contribution in [3.63, 3.8) is 0 Å². The van der Waals surface area contributed by atoms with Crippen molar-refractivity contribution in [2.75, 3.05) is 0 Å². The number of carbonyl (C=O) groups is 3. The third kappa shape index (κ3) is 2.10. The number of aliphatic hydroxyl groups is 2. The zero-order chi connectivity index (χ0) is 20.5. The van der Waals surface area contributed by atoms with Crippen LogP contribution in [0.5, 0.6) is 11.5 Å². The Bertz CT molecular complexity index is 1080. The molecule has 2 aliphatic carbocycles. The number of hydrogen-bond acceptors (Lipinski definition) is 7. The fraction of sp³-hybridized carbons (Fsp3) is 0.350. The monoisotopic (exact) mass is 385 g/mol. The van der Waals surface area contributed by atoms with Gasteiger partial charge in [-0.15, -0.1) is 0 Å². The fourth-order valence-electron chi connectivity index (χ4n) is 4.71. The van der Waals surface area contributed by atoms with Gasteiger partial charge in [-0.2, -0.15) is 0 Å². The second-order valence-electron chi connectivity index (χ2n) is 7.57. The summed E-state index contributed by atoms with van der Waals surface area (Å²) in [5.74, 6) is -6.77. The molecule has 28 heavy (non-hydrogen) atoms. The molecular formula is C20H19NO7. The van der Waals surface area contributed by atoms with Gasteiger partial charge in [-0.1, -0.05) is 12.1 Å². The van der Waals surface area contributed by atoms with E-state index in [2.05, 4.69) is 0 Å². The minimum absolute atomic E-state index is 0.0385. The highest BCUT2D eigenvalue weighted by Crippen LogP contribution is 2.49. The number of amides is 1. The Morgan fingerprint density at radius 2 is 1.93 bits per heavy atom. The van der Waals surface area contributed by atoms with Gasteiger partial charge in [-0.25, -0.2) is 0 Å². The van der Waals surface area contributed by atoms with Crippen molar-refractivity contribution in [1.82, 2.24) is 0 Å². The van der Waals surface area contributed by atoms with Gasteiger partial charge in [-0.05, 0) is 42.3 Å². The van der Waals surface area contributed by atoms with Crippen LogP contribution < -0.4 is 5.73 Å². The average molecular weight is 385 g/mol. The van der Waals surface area contributed by atoms with Gasteiger partial charge in [0.2, 0.25) is 11.7 Å². The zero-order valence-electron chi connectivity index (χ0n) is 15.0. The third-order valence-corrected chi connectivity index (χ3v) is 6.16. The molecule has 6 N–H and O–H groups in total. The first-order valence-corrected chi connectivity index (χ1v) is 8.85. The van der Waals surface area contributed by atoms with E-state index in [1.54, 1.807) is 19.1 Å². The van der Waals surface area contributed by atoms with Crippen LogP contribution >= 0.6 is 0 Å². The Labute approximate surface area is 159 Å². The van der Waals surface area contributed by atoms with Crippen LogP contribution in [-0.2, 0) is 16.0 Å². The number of hydrogen-bond donors (Lipinski definition) is 5. The van der Waals surface area contributed by atoms with Crippen LogP contribution in [0.15, 0.2) is 18.2 Å². The van der Waals surface area contributed by atoms with Crippen LogP contribution in [-0.4, -0.2) is 49.6 Å². The molecule has 2 aliphatic rings. The summed E-state index contributed by atoms with van der Waals surface area (Å²) in [4.78, 5) is 37.7. The number of benzene rings is 2. The number of carbonyl (C=O) groups excluding carboxylic acids is 3. The van der Waals surface area contributed by atoms with E-state index in [9.17, 15) is 34.8 Å². The molecular weight excluding hydrogens is 366 g/mol. The van der Waals surface area contributed by atoms with E-state index in [0.29, 0.717) is 16.5 Å². The average Bonchev–Trinajstić information content (AvgIpc) is 2.62. The number of primary amides is 1. The number of fused-ring (bicyclic) bond motifs is 3. The van der Waals surface area contributed by atoms with E-state index in [0.717, 1.165) is 0 Å². The Balaban J connectivity index is 2.00. The summed E-state index contributed by atoms with van der Waals surface area (Å²) in [5.41, 5.74) is 3.42. The summed E-state index contributed by atoms with van der Waals surface area (Å²) in [5, 5.41) is 42.8. The van der Waals surface area contributed by atoms with E-state index in [4.69, 9.17) is 5.73 Å². The number of aromatic hydroxyl groups is 2. The first kappa shape index (κ1) is 18.4. The van der Waals surface area contributed by atoms with Crippen molar-refractivity contribution in [2.24, 2.45) is 17.6 Å². The van der Waals surface area contributed by atoms with Crippen LogP contribution in [0.1, 0.15) is 27.9 Å². The maximum Gasteiger partial charge on any atom is 0.230 e. The minimum Gasteiger partial charge on any atom is -0.507 e. The second kappa shape index (κ2) is 5.76. The Hall–Kier alpha value is -2.97. The summed E-state index contributed by atoms with van der Waals surface area (Å²) < 4.78 is 0. The molecule has 0 aromatic heterocycles. The Morgan fingerprint density at radius 1 is 1.25 bits per heavy atom. The molecule has 0 saturated heterocycles. The molecule has 0 aliphatic heterocycles. The lowest BCUT2D eigenvalue weighted by molar-refractivity contribution is -0.159. The summed E-state index contributed by atoms with van der Waals surface area (Å²) in [6, 6.07) is 4.63. The number of ketones is 2. The van der Waals surface area contributed by atoms with Crippen molar-refractivity contribution in [3.8, 4) is 11.5 Å². The molecule has 2 unspecified atom stereocenters. The number of phenols is 2. The predicted molar refractivity (Wildman–Crippen MR) is 96.8 cm³/mol. The fourth-order valence-corrected chi connectivity index (χ4v) is 4.71. The SMILES string of the molecule is Cc1c2c(c(O)c3c(O)cccc13)C(=O)[C@@]1(O)C(=O)C(C(N)=O)C(O)C[C@@H]1C2. The highest BCUT2D eigenvalue weighted by Gasteiger charge is 2.62. The lowest BCUT2D eigenvalue weighted by Crippen LogP contribution is -2.65. The molecule has 0 spiro atoms. The van der Waals surface area contributed by atoms with Crippen molar-refractivity contribution < 1.29 is 34.8 Å². The van der Waals surface area contributed by atoms with Crippen LogP contribution in [0.4, 0.5) is 0 Å². The molecule has 0 radical (unpaired) electrons. The molecule has 1 saturated carbocycles. The molecule has 146 valence electrons. The maximum atomic E-state index is 13.2. The molecule has 4 rings (SSSR count). The Morgan fingerprint density at radius 3 is 2.57 bits per heavy atom. The number of nitrogens with two attached hydrogens (primary N) is 1. The first-order chi connectivity index (χ1) is 13.1. The van der Waals surface area contributed by atoms with E-state index < -0.39 is 46.8 Å². The van der Waals surface area contributed by atoms with E-state index >= 15 is 0 Å². The molecule has 1 amide bonds. The van der Waals surface area contributed by atoms with E-state index in [-0.39, 0.29) is 29.5 Å². The molecule has 4 atom stereocenters. The minimum atomic E-state index is -2.58. The topological polar surface area (TPSA) is 158 Å². The van der Waals surface area contributed by atoms with Gasteiger partial charge < -0.3 is 26.2 Å². The summed E-state index contributed by atoms with van der Waals surface area (Å²) in [6.07, 6.45) is -1.53. The highest BCUT2D eigenvalue weighted by molar-refractivity contribution is 6.25. The van der Waals surface area contributed by atoms with Crippen molar-refractivity contribution >= 4 is 28.2 Å². The number of phenolic OH excluding ortho intramolecular Hbond substituents is 2. The number of Topliss-reactive ketones (excluding diaryl/α,β-unsaturated/α-hetero) is 2. The maximum absolute atomic E-state index is 13.2. The number of aryl methyl sites for hydroxylation is 1. The predicted octanol–water partition coefficient (Wildman–Crippen LogP) is 0.0807. The largest absolute Gasteiger partial charge is 0.507 e. The molecule has 2 aromatic rings. The lowest BCUT2D eigenvalue weighted by atomic mass is 9.59. The van der Waals surface area contributed by atoms with Gasteiger partial charge in [0.15, 0.2) is 11.4 Å². The highest BCUT2D eigenvalue weighted by atomic mass is 16.3. The van der Waals surface area contributed by atoms with Gasteiger partial charge in [0.1, 0.15) is 17.4 Å². The summed E-state index contributed by atoms with van der Waals surface area (Å²) in [6.45, 7) is 1.71. The van der Waals surface area contributed by atoms with Crippen molar-refractivity contribution in [1.29, 1.82) is 0 Å². The van der Waals surface area contributed by atoms with Gasteiger partial charge in [0.05, 0.1) is 17.1 Å². The Kier molecular flexibility index (Phi) is 3.79. The molecule has 0 heterocycles. The van der Waals surface area contributed by atoms with Gasteiger partial charge in [-0.3, -0.25) is 14.4 Å². The molecule has 0 bridgehead atoms. The standard InChI is InChI=1S/C20H19NO7/c1-7-9-3-2-4-11(22)13(9)16(24)14-10(7)5-8-6-12(23)15(19(21)27)18(26)20(8,28)17(14)25/h2-4,8,12,15,22-24,28H,5-6H2,1H3,(H2,21,27)/t8-,12?,15?,20+/m0/s1. The normalized spacial score (nSPS) is 29.5. The molecule has 8 nitrogen and oxygen atoms in total. The number of rotatable bonds is 1. The quantitative estimate of drug-likeness (QED) is 0.435. The summed E-state index contributed by atoms with van der Waals surface area (Å²) in [7, 11) is 0. The first-order valence-electron chi connectivity index (χ1n) is 8.85. The van der Waals surface area contributed by atoms with E-state index in [1.807, 2.05) is 0 Å². The second-order valence-corrected chi connectivity index (χ2v) is 7.57. The van der Waals surface area contributed by atoms with Gasteiger partial charge >= 0.3 is 0 Å².